The molecular weight excluding hydrogens is 277 g/mol. The van der Waals surface area contributed by atoms with Crippen molar-refractivity contribution < 1.29 is 4.74 Å². The number of ether oxygens (including phenoxy) is 1. The van der Waals surface area contributed by atoms with Crippen molar-refractivity contribution >= 4 is 18.5 Å². The van der Waals surface area contributed by atoms with Crippen LogP contribution < -0.4 is 10.6 Å². The summed E-state index contributed by atoms with van der Waals surface area (Å²) >= 11 is 0. The molecule has 1 fully saturated rings. The van der Waals surface area contributed by atoms with Gasteiger partial charge in [0.1, 0.15) is 0 Å². The lowest BCUT2D eigenvalue weighted by Gasteiger charge is -2.37. The van der Waals surface area contributed by atoms with Gasteiger partial charge in [-0.3, -0.25) is 4.90 Å². The minimum Gasteiger partial charge on any atom is -0.379 e. The first kappa shape index (κ1) is 14.7. The molecule has 0 aromatic heterocycles. The normalized spacial score (nSPS) is 17.8. The van der Waals surface area contributed by atoms with Crippen molar-refractivity contribution in [2.45, 2.75) is 12.7 Å². The summed E-state index contributed by atoms with van der Waals surface area (Å²) in [5, 5.41) is 2.91. The standard InChI is InChI=1S/C18H22NOP/c1-16(19-12-14-20-15-13-19)21(17-8-4-2-5-9-17)18-10-6-3-7-11-18/h2-11,16H,12-15H2,1H3. The first-order valence-electron chi connectivity index (χ1n) is 7.57. The highest BCUT2D eigenvalue weighted by Crippen LogP contribution is 2.41. The van der Waals surface area contributed by atoms with E-state index in [2.05, 4.69) is 72.5 Å². The molecule has 0 aliphatic carbocycles. The molecule has 2 aromatic carbocycles. The van der Waals surface area contributed by atoms with Gasteiger partial charge in [0, 0.05) is 18.9 Å². The third-order valence-electron chi connectivity index (χ3n) is 4.02. The number of hydrogen-bond acceptors (Lipinski definition) is 2. The summed E-state index contributed by atoms with van der Waals surface area (Å²) in [6.45, 7) is 6.17. The maximum atomic E-state index is 5.51. The van der Waals surface area contributed by atoms with Gasteiger partial charge in [-0.1, -0.05) is 60.7 Å². The molecule has 1 atom stereocenters. The molecule has 1 heterocycles. The molecule has 2 aromatic rings. The second-order valence-corrected chi connectivity index (χ2v) is 7.84. The van der Waals surface area contributed by atoms with E-state index >= 15 is 0 Å². The highest BCUT2D eigenvalue weighted by molar-refractivity contribution is 7.73. The summed E-state index contributed by atoms with van der Waals surface area (Å²) in [6.07, 6.45) is 0. The van der Waals surface area contributed by atoms with Crippen LogP contribution in [-0.2, 0) is 4.74 Å². The Kier molecular flexibility index (Phi) is 5.03. The van der Waals surface area contributed by atoms with E-state index in [0.29, 0.717) is 5.78 Å². The van der Waals surface area contributed by atoms with Gasteiger partial charge in [0.2, 0.25) is 0 Å². The zero-order chi connectivity index (χ0) is 14.5. The Balaban J connectivity index is 1.92. The van der Waals surface area contributed by atoms with Crippen LogP contribution in [0.2, 0.25) is 0 Å². The largest absolute Gasteiger partial charge is 0.379 e. The van der Waals surface area contributed by atoms with Crippen LogP contribution in [0.25, 0.3) is 0 Å². The van der Waals surface area contributed by atoms with Gasteiger partial charge in [-0.05, 0) is 25.5 Å². The van der Waals surface area contributed by atoms with Crippen molar-refractivity contribution in [1.82, 2.24) is 4.90 Å². The molecular formula is C18H22NOP. The van der Waals surface area contributed by atoms with Crippen molar-refractivity contribution in [3.63, 3.8) is 0 Å². The fourth-order valence-electron chi connectivity index (χ4n) is 2.87. The van der Waals surface area contributed by atoms with E-state index in [1.54, 1.807) is 0 Å². The Bertz CT molecular complexity index is 500. The third kappa shape index (κ3) is 3.52. The number of benzene rings is 2. The van der Waals surface area contributed by atoms with Crippen LogP contribution in [0, 0.1) is 0 Å². The summed E-state index contributed by atoms with van der Waals surface area (Å²) in [6, 6.07) is 21.9. The zero-order valence-electron chi connectivity index (χ0n) is 12.5. The molecule has 0 spiro atoms. The fraction of sp³-hybridized carbons (Fsp3) is 0.333. The summed E-state index contributed by atoms with van der Waals surface area (Å²) in [4.78, 5) is 2.58. The van der Waals surface area contributed by atoms with Gasteiger partial charge in [0.25, 0.3) is 0 Å². The second-order valence-electron chi connectivity index (χ2n) is 5.32. The Morgan fingerprint density at radius 1 is 0.857 bits per heavy atom. The molecule has 1 saturated heterocycles. The number of morpholine rings is 1. The quantitative estimate of drug-likeness (QED) is 0.805. The molecule has 2 nitrogen and oxygen atoms in total. The van der Waals surface area contributed by atoms with Crippen LogP contribution in [0.4, 0.5) is 0 Å². The molecule has 0 radical (unpaired) electrons. The smallest absolute Gasteiger partial charge is 0.0594 e. The van der Waals surface area contributed by atoms with Crippen molar-refractivity contribution in [2.75, 3.05) is 26.3 Å². The number of rotatable bonds is 4. The first-order valence-corrected chi connectivity index (χ1v) is 8.98. The molecule has 3 rings (SSSR count). The maximum absolute atomic E-state index is 5.51. The lowest BCUT2D eigenvalue weighted by molar-refractivity contribution is 0.0345. The predicted octanol–water partition coefficient (Wildman–Crippen LogP) is 2.80. The van der Waals surface area contributed by atoms with Crippen molar-refractivity contribution in [3.8, 4) is 0 Å². The van der Waals surface area contributed by atoms with Crippen molar-refractivity contribution in [1.29, 1.82) is 0 Å². The van der Waals surface area contributed by atoms with E-state index in [4.69, 9.17) is 4.74 Å². The molecule has 21 heavy (non-hydrogen) atoms. The monoisotopic (exact) mass is 299 g/mol. The average molecular weight is 299 g/mol. The van der Waals surface area contributed by atoms with Gasteiger partial charge in [0.05, 0.1) is 13.2 Å². The van der Waals surface area contributed by atoms with Crippen LogP contribution in [0.15, 0.2) is 60.7 Å². The van der Waals surface area contributed by atoms with Crippen LogP contribution in [0.3, 0.4) is 0 Å². The van der Waals surface area contributed by atoms with Gasteiger partial charge >= 0.3 is 0 Å². The molecule has 3 heteroatoms. The van der Waals surface area contributed by atoms with E-state index in [1.807, 2.05) is 0 Å². The van der Waals surface area contributed by atoms with E-state index in [0.717, 1.165) is 26.3 Å². The average Bonchev–Trinajstić information content (AvgIpc) is 2.58. The summed E-state index contributed by atoms with van der Waals surface area (Å²) in [5.74, 6) is 0.536. The second kappa shape index (κ2) is 7.17. The minimum atomic E-state index is -0.365. The summed E-state index contributed by atoms with van der Waals surface area (Å²) in [7, 11) is -0.365. The minimum absolute atomic E-state index is 0.365. The maximum Gasteiger partial charge on any atom is 0.0594 e. The van der Waals surface area contributed by atoms with Gasteiger partial charge < -0.3 is 4.74 Å². The topological polar surface area (TPSA) is 12.5 Å². The van der Waals surface area contributed by atoms with E-state index in [1.165, 1.54) is 10.6 Å². The number of hydrogen-bond donors (Lipinski definition) is 0. The van der Waals surface area contributed by atoms with Gasteiger partial charge in [-0.2, -0.15) is 0 Å². The molecule has 1 aliphatic rings. The molecule has 0 saturated carbocycles. The first-order chi connectivity index (χ1) is 10.4. The van der Waals surface area contributed by atoms with Gasteiger partial charge in [-0.15, -0.1) is 0 Å². The molecule has 1 aliphatic heterocycles. The van der Waals surface area contributed by atoms with Crippen LogP contribution in [0.1, 0.15) is 6.92 Å². The highest BCUT2D eigenvalue weighted by atomic mass is 31.1. The van der Waals surface area contributed by atoms with Gasteiger partial charge in [-0.25, -0.2) is 0 Å². The van der Waals surface area contributed by atoms with Crippen molar-refractivity contribution in [2.24, 2.45) is 0 Å². The highest BCUT2D eigenvalue weighted by Gasteiger charge is 2.27. The van der Waals surface area contributed by atoms with Crippen LogP contribution in [-0.4, -0.2) is 37.0 Å². The van der Waals surface area contributed by atoms with Crippen molar-refractivity contribution in [3.05, 3.63) is 60.7 Å². The Hall–Kier alpha value is -1.21. The molecule has 0 amide bonds. The van der Waals surface area contributed by atoms with Crippen LogP contribution in [0.5, 0.6) is 0 Å². The predicted molar refractivity (Wildman–Crippen MR) is 90.9 cm³/mol. The number of nitrogens with zero attached hydrogens (tertiary/aromatic N) is 1. The third-order valence-corrected chi connectivity index (χ3v) is 6.80. The van der Waals surface area contributed by atoms with Crippen LogP contribution >= 0.6 is 7.92 Å². The SMILES string of the molecule is CC(N1CCOCC1)P(c1ccccc1)c1ccccc1. The lowest BCUT2D eigenvalue weighted by atomic mass is 10.4. The Morgan fingerprint density at radius 2 is 1.33 bits per heavy atom. The van der Waals surface area contributed by atoms with Gasteiger partial charge in [0.15, 0.2) is 0 Å². The fourth-order valence-corrected chi connectivity index (χ4v) is 5.58. The molecule has 110 valence electrons. The summed E-state index contributed by atoms with van der Waals surface area (Å²) < 4.78 is 5.51. The van der Waals surface area contributed by atoms with E-state index in [9.17, 15) is 0 Å². The summed E-state index contributed by atoms with van der Waals surface area (Å²) in [5.41, 5.74) is 0. The van der Waals surface area contributed by atoms with E-state index < -0.39 is 0 Å². The van der Waals surface area contributed by atoms with E-state index in [-0.39, 0.29) is 7.92 Å². The zero-order valence-corrected chi connectivity index (χ0v) is 13.4. The Labute approximate surface area is 128 Å². The molecule has 1 unspecified atom stereocenters. The molecule has 0 bridgehead atoms. The molecule has 0 N–H and O–H groups in total. The Morgan fingerprint density at radius 3 is 1.81 bits per heavy atom. The lowest BCUT2D eigenvalue weighted by Crippen LogP contribution is -2.43.